The molecule has 2 N–H and O–H groups in total. The van der Waals surface area contributed by atoms with E-state index in [0.717, 1.165) is 29.8 Å². The van der Waals surface area contributed by atoms with Gasteiger partial charge in [-0.1, -0.05) is 0 Å². The van der Waals surface area contributed by atoms with Gasteiger partial charge in [0.25, 0.3) is 0 Å². The Hall–Kier alpha value is -2.06. The van der Waals surface area contributed by atoms with Crippen LogP contribution in [0.1, 0.15) is 18.5 Å². The minimum Gasteiger partial charge on any atom is -0.480 e. The Morgan fingerprint density at radius 3 is 2.60 bits per heavy atom. The molecule has 6 nitrogen and oxygen atoms in total. The summed E-state index contributed by atoms with van der Waals surface area (Å²) < 4.78 is 37.8. The molecule has 1 heterocycles. The van der Waals surface area contributed by atoms with Gasteiger partial charge in [0.2, 0.25) is 5.91 Å². The first-order valence-corrected chi connectivity index (χ1v) is 5.90. The van der Waals surface area contributed by atoms with E-state index in [1.807, 2.05) is 0 Å². The number of aromatic nitrogens is 2. The number of hydrogen-bond acceptors (Lipinski definition) is 3. The molecule has 1 amide bonds. The molecule has 1 aromatic heterocycles. The van der Waals surface area contributed by atoms with Crippen LogP contribution in [0.25, 0.3) is 0 Å². The fourth-order valence-electron chi connectivity index (χ4n) is 1.78. The number of aliphatic carboxylic acids is 1. The fourth-order valence-corrected chi connectivity index (χ4v) is 1.78. The second-order valence-electron chi connectivity index (χ2n) is 4.62. The molecule has 1 unspecified atom stereocenters. The maximum Gasteiger partial charge on any atom is 0.435 e. The van der Waals surface area contributed by atoms with Crippen molar-refractivity contribution in [2.24, 2.45) is 5.92 Å². The van der Waals surface area contributed by atoms with Gasteiger partial charge in [-0.25, -0.2) is 4.79 Å². The average molecular weight is 291 g/mol. The highest BCUT2D eigenvalue weighted by molar-refractivity contribution is 5.83. The second-order valence-corrected chi connectivity index (χ2v) is 4.62. The number of alkyl halides is 3. The summed E-state index contributed by atoms with van der Waals surface area (Å²) in [6.45, 7) is -0.452. The summed E-state index contributed by atoms with van der Waals surface area (Å²) in [4.78, 5) is 22.5. The Morgan fingerprint density at radius 2 is 2.15 bits per heavy atom. The number of rotatable bonds is 5. The predicted octanol–water partition coefficient (Wildman–Crippen LogP) is 0.881. The number of carboxylic acid groups (broad SMARTS) is 1. The third-order valence-corrected chi connectivity index (χ3v) is 2.91. The molecule has 0 spiro atoms. The van der Waals surface area contributed by atoms with Crippen LogP contribution in [0.15, 0.2) is 12.3 Å². The Morgan fingerprint density at radius 1 is 1.50 bits per heavy atom. The summed E-state index contributed by atoms with van der Waals surface area (Å²) in [5.41, 5.74) is -1.10. The predicted molar refractivity (Wildman–Crippen MR) is 59.5 cm³/mol. The van der Waals surface area contributed by atoms with E-state index in [0.29, 0.717) is 0 Å². The van der Waals surface area contributed by atoms with E-state index in [4.69, 9.17) is 5.11 Å². The van der Waals surface area contributed by atoms with E-state index in [9.17, 15) is 22.8 Å². The lowest BCUT2D eigenvalue weighted by molar-refractivity contribution is -0.142. The summed E-state index contributed by atoms with van der Waals surface area (Å²) in [5, 5.41) is 14.4. The van der Waals surface area contributed by atoms with Gasteiger partial charge in [0.15, 0.2) is 5.69 Å². The van der Waals surface area contributed by atoms with Crippen molar-refractivity contribution in [2.75, 3.05) is 0 Å². The van der Waals surface area contributed by atoms with Gasteiger partial charge in [-0.15, -0.1) is 0 Å². The zero-order chi connectivity index (χ0) is 14.9. The highest BCUT2D eigenvalue weighted by atomic mass is 19.4. The van der Waals surface area contributed by atoms with E-state index in [2.05, 4.69) is 10.4 Å². The molecule has 1 aliphatic rings. The number of nitrogens with one attached hydrogen (secondary N) is 1. The summed E-state index contributed by atoms with van der Waals surface area (Å²) >= 11 is 0. The van der Waals surface area contributed by atoms with Gasteiger partial charge < -0.3 is 10.4 Å². The fraction of sp³-hybridized carbons (Fsp3) is 0.545. The van der Waals surface area contributed by atoms with Crippen molar-refractivity contribution in [1.82, 2.24) is 15.1 Å². The van der Waals surface area contributed by atoms with Crippen molar-refractivity contribution < 1.29 is 27.9 Å². The van der Waals surface area contributed by atoms with Crippen LogP contribution in [0.5, 0.6) is 0 Å². The lowest BCUT2D eigenvalue weighted by Gasteiger charge is -2.13. The summed E-state index contributed by atoms with van der Waals surface area (Å²) in [5.74, 6) is -1.92. The molecule has 0 aliphatic heterocycles. The van der Waals surface area contributed by atoms with Gasteiger partial charge in [0.1, 0.15) is 12.6 Å². The number of carboxylic acids is 1. The minimum absolute atomic E-state index is 0.0974. The van der Waals surface area contributed by atoms with Crippen molar-refractivity contribution in [3.63, 3.8) is 0 Å². The molecule has 1 fully saturated rings. The standard InChI is InChI=1S/C11H12F3N3O3/c12-11(13,14)7-3-4-17(16-7)5-8(18)15-9(10(19)20)6-1-2-6/h3-4,6,9H,1-2,5H2,(H,15,18)(H,19,20). The zero-order valence-corrected chi connectivity index (χ0v) is 10.2. The lowest BCUT2D eigenvalue weighted by Crippen LogP contribution is -2.43. The van der Waals surface area contributed by atoms with Crippen molar-refractivity contribution in [3.05, 3.63) is 18.0 Å². The quantitative estimate of drug-likeness (QED) is 0.843. The first-order chi connectivity index (χ1) is 9.27. The number of amides is 1. The van der Waals surface area contributed by atoms with Crippen LogP contribution in [0.2, 0.25) is 0 Å². The van der Waals surface area contributed by atoms with Crippen molar-refractivity contribution in [2.45, 2.75) is 31.6 Å². The number of carbonyl (C=O) groups is 2. The van der Waals surface area contributed by atoms with Gasteiger partial charge in [-0.05, 0) is 24.8 Å². The molecule has 0 radical (unpaired) electrons. The molecule has 0 bridgehead atoms. The van der Waals surface area contributed by atoms with Crippen LogP contribution in [-0.4, -0.2) is 32.8 Å². The van der Waals surface area contributed by atoms with E-state index < -0.39 is 36.3 Å². The SMILES string of the molecule is O=C(Cn1ccc(C(F)(F)F)n1)NC(C(=O)O)C1CC1. The molecule has 1 aromatic rings. The van der Waals surface area contributed by atoms with E-state index in [-0.39, 0.29) is 5.92 Å². The van der Waals surface area contributed by atoms with Crippen LogP contribution < -0.4 is 5.32 Å². The zero-order valence-electron chi connectivity index (χ0n) is 10.2. The summed E-state index contributed by atoms with van der Waals surface area (Å²) in [6, 6.07) is -0.233. The highest BCUT2D eigenvalue weighted by Gasteiger charge is 2.37. The van der Waals surface area contributed by atoms with Gasteiger partial charge in [0.05, 0.1) is 0 Å². The summed E-state index contributed by atoms with van der Waals surface area (Å²) in [6.07, 6.45) is -2.11. The number of carbonyl (C=O) groups excluding carboxylic acids is 1. The first-order valence-electron chi connectivity index (χ1n) is 5.90. The van der Waals surface area contributed by atoms with Crippen molar-refractivity contribution in [1.29, 1.82) is 0 Å². The Kier molecular flexibility index (Phi) is 3.69. The first kappa shape index (κ1) is 14.4. The molecule has 9 heteroatoms. The van der Waals surface area contributed by atoms with Crippen LogP contribution in [0.4, 0.5) is 13.2 Å². The average Bonchev–Trinajstić information content (AvgIpc) is 3.04. The molecule has 1 aliphatic carbocycles. The van der Waals surface area contributed by atoms with Crippen LogP contribution in [0.3, 0.4) is 0 Å². The van der Waals surface area contributed by atoms with E-state index >= 15 is 0 Å². The third kappa shape index (κ3) is 3.49. The van der Waals surface area contributed by atoms with Crippen LogP contribution in [-0.2, 0) is 22.3 Å². The normalized spacial score (nSPS) is 16.8. The van der Waals surface area contributed by atoms with Gasteiger partial charge in [0, 0.05) is 6.20 Å². The Bertz CT molecular complexity index is 522. The molecule has 1 saturated carbocycles. The topological polar surface area (TPSA) is 84.2 Å². The van der Waals surface area contributed by atoms with Crippen molar-refractivity contribution >= 4 is 11.9 Å². The molecular weight excluding hydrogens is 279 g/mol. The number of hydrogen-bond donors (Lipinski definition) is 2. The minimum atomic E-state index is -4.57. The smallest absolute Gasteiger partial charge is 0.435 e. The third-order valence-electron chi connectivity index (χ3n) is 2.91. The molecule has 20 heavy (non-hydrogen) atoms. The lowest BCUT2D eigenvalue weighted by atomic mass is 10.2. The van der Waals surface area contributed by atoms with Crippen molar-refractivity contribution in [3.8, 4) is 0 Å². The van der Waals surface area contributed by atoms with Gasteiger partial charge >= 0.3 is 12.1 Å². The molecule has 110 valence electrons. The van der Waals surface area contributed by atoms with Gasteiger partial charge in [-0.2, -0.15) is 18.3 Å². The maximum absolute atomic E-state index is 12.3. The monoisotopic (exact) mass is 291 g/mol. The highest BCUT2D eigenvalue weighted by Crippen LogP contribution is 2.32. The van der Waals surface area contributed by atoms with Gasteiger partial charge in [-0.3, -0.25) is 9.48 Å². The largest absolute Gasteiger partial charge is 0.480 e. The summed E-state index contributed by atoms with van der Waals surface area (Å²) in [7, 11) is 0. The van der Waals surface area contributed by atoms with Crippen LogP contribution in [0, 0.1) is 5.92 Å². The Labute approximate surface area is 111 Å². The Balaban J connectivity index is 1.94. The molecule has 2 rings (SSSR count). The van der Waals surface area contributed by atoms with E-state index in [1.54, 1.807) is 0 Å². The van der Waals surface area contributed by atoms with E-state index in [1.165, 1.54) is 0 Å². The van der Waals surface area contributed by atoms with Crippen LogP contribution >= 0.6 is 0 Å². The number of nitrogens with zero attached hydrogens (tertiary/aromatic N) is 2. The molecule has 1 atom stereocenters. The second kappa shape index (κ2) is 5.14. The molecular formula is C11H12F3N3O3. The molecule has 0 aromatic carbocycles. The molecule has 0 saturated heterocycles. The maximum atomic E-state index is 12.3. The number of halogens is 3.